The number of aliphatic imine (C=N–C) groups is 1. The molecule has 0 spiro atoms. The van der Waals surface area contributed by atoms with E-state index in [1.54, 1.807) is 4.90 Å². The molecule has 1 aliphatic rings. The van der Waals surface area contributed by atoms with Gasteiger partial charge in [0.15, 0.2) is 0 Å². The number of hydrogen-bond donors (Lipinski definition) is 2. The molecule has 1 rings (SSSR count). The van der Waals surface area contributed by atoms with Crippen LogP contribution in [0.1, 0.15) is 34.1 Å². The molecular formula is C13H25N3O3. The zero-order valence-electron chi connectivity index (χ0n) is 12.3. The highest BCUT2D eigenvalue weighted by Gasteiger charge is 2.24. The Morgan fingerprint density at radius 1 is 1.58 bits per heavy atom. The molecule has 0 saturated carbocycles. The lowest BCUT2D eigenvalue weighted by Gasteiger charge is -2.30. The Balaban J connectivity index is 2.45. The number of carbonyl (C=O) groups excluding carboxylic acids is 1. The van der Waals surface area contributed by atoms with Crippen LogP contribution in [0, 0.1) is 0 Å². The van der Waals surface area contributed by atoms with Gasteiger partial charge < -0.3 is 15.2 Å². The maximum Gasteiger partial charge on any atom is 0.410 e. The summed E-state index contributed by atoms with van der Waals surface area (Å²) >= 11 is 0. The zero-order valence-corrected chi connectivity index (χ0v) is 12.3. The van der Waals surface area contributed by atoms with Crippen LogP contribution >= 0.6 is 0 Å². The second-order valence-corrected chi connectivity index (χ2v) is 5.67. The summed E-state index contributed by atoms with van der Waals surface area (Å²) in [4.78, 5) is 17.9. The van der Waals surface area contributed by atoms with Gasteiger partial charge >= 0.3 is 6.09 Å². The van der Waals surface area contributed by atoms with Gasteiger partial charge in [0, 0.05) is 13.1 Å². The Kier molecular flexibility index (Phi) is 5.60. The fourth-order valence-electron chi connectivity index (χ4n) is 1.59. The molecule has 0 aromatic rings. The Hall–Kier alpha value is -1.30. The first-order valence-electron chi connectivity index (χ1n) is 6.75. The number of aliphatic hydroxyl groups is 1. The van der Waals surface area contributed by atoms with E-state index in [2.05, 4.69) is 10.3 Å². The van der Waals surface area contributed by atoms with Crippen LogP contribution in [0.25, 0.3) is 0 Å². The van der Waals surface area contributed by atoms with E-state index in [0.29, 0.717) is 32.6 Å². The molecule has 6 nitrogen and oxygen atoms in total. The van der Waals surface area contributed by atoms with Crippen LogP contribution in [0.15, 0.2) is 4.99 Å². The van der Waals surface area contributed by atoms with Crippen molar-refractivity contribution in [3.8, 4) is 0 Å². The highest BCUT2D eigenvalue weighted by atomic mass is 16.6. The number of amides is 1. The van der Waals surface area contributed by atoms with Gasteiger partial charge in [-0.1, -0.05) is 6.92 Å². The summed E-state index contributed by atoms with van der Waals surface area (Å²) in [6, 6.07) is 0. The smallest absolute Gasteiger partial charge is 0.410 e. The number of nitrogens with one attached hydrogen (secondary N) is 1. The molecule has 0 fully saturated rings. The first kappa shape index (κ1) is 15.8. The van der Waals surface area contributed by atoms with Crippen molar-refractivity contribution in [2.45, 2.75) is 45.8 Å². The van der Waals surface area contributed by atoms with Crippen LogP contribution in [0.4, 0.5) is 4.79 Å². The zero-order chi connectivity index (χ0) is 14.5. The van der Waals surface area contributed by atoms with Gasteiger partial charge in [0.2, 0.25) is 0 Å². The average Bonchev–Trinajstić information content (AvgIpc) is 2.34. The summed E-state index contributed by atoms with van der Waals surface area (Å²) in [5.41, 5.74) is -0.488. The molecule has 110 valence electrons. The topological polar surface area (TPSA) is 74.2 Å². The van der Waals surface area contributed by atoms with Crippen molar-refractivity contribution in [1.82, 2.24) is 10.2 Å². The van der Waals surface area contributed by atoms with E-state index in [0.717, 1.165) is 5.84 Å². The Morgan fingerprint density at radius 3 is 2.84 bits per heavy atom. The van der Waals surface area contributed by atoms with E-state index in [4.69, 9.17) is 4.74 Å². The maximum absolute atomic E-state index is 11.9. The number of amidine groups is 1. The van der Waals surface area contributed by atoms with Gasteiger partial charge in [-0.3, -0.25) is 9.89 Å². The molecule has 6 heteroatoms. The molecule has 1 aliphatic heterocycles. The van der Waals surface area contributed by atoms with Crippen LogP contribution < -0.4 is 5.32 Å². The third-order valence-corrected chi connectivity index (χ3v) is 2.68. The second kappa shape index (κ2) is 6.75. The number of nitrogens with zero attached hydrogens (tertiary/aromatic N) is 2. The SMILES string of the molecule is CCC(O)CNC1=NCCN(C(=O)OC(C)(C)C)C1. The number of aliphatic hydroxyl groups excluding tert-OH is 1. The first-order valence-corrected chi connectivity index (χ1v) is 6.75. The maximum atomic E-state index is 11.9. The Labute approximate surface area is 114 Å². The number of hydrogen-bond acceptors (Lipinski definition) is 5. The minimum Gasteiger partial charge on any atom is -0.444 e. The molecule has 1 unspecified atom stereocenters. The number of rotatable bonds is 3. The molecule has 0 bridgehead atoms. The predicted octanol–water partition coefficient (Wildman–Crippen LogP) is 0.996. The minimum atomic E-state index is -0.488. The summed E-state index contributed by atoms with van der Waals surface area (Å²) in [5.74, 6) is 0.726. The third kappa shape index (κ3) is 5.92. The van der Waals surface area contributed by atoms with Gasteiger partial charge in [-0.05, 0) is 27.2 Å². The van der Waals surface area contributed by atoms with E-state index in [9.17, 15) is 9.90 Å². The predicted molar refractivity (Wildman–Crippen MR) is 74.4 cm³/mol. The minimum absolute atomic E-state index is 0.322. The fraction of sp³-hybridized carbons (Fsp3) is 0.846. The molecule has 0 aromatic carbocycles. The standard InChI is InChI=1S/C13H25N3O3/c1-5-10(17)8-15-11-9-16(7-6-14-11)12(18)19-13(2,3)4/h10,17H,5-9H2,1-4H3,(H,14,15). The molecule has 2 N–H and O–H groups in total. The largest absolute Gasteiger partial charge is 0.444 e. The molecule has 1 heterocycles. The van der Waals surface area contributed by atoms with Crippen molar-refractivity contribution in [2.75, 3.05) is 26.2 Å². The molecular weight excluding hydrogens is 246 g/mol. The summed E-state index contributed by atoms with van der Waals surface area (Å²) in [7, 11) is 0. The lowest BCUT2D eigenvalue weighted by molar-refractivity contribution is 0.0276. The fourth-order valence-corrected chi connectivity index (χ4v) is 1.59. The first-order chi connectivity index (χ1) is 8.81. The van der Waals surface area contributed by atoms with E-state index in [1.165, 1.54) is 0 Å². The average molecular weight is 271 g/mol. The quantitative estimate of drug-likeness (QED) is 0.803. The van der Waals surface area contributed by atoms with Crippen molar-refractivity contribution >= 4 is 11.9 Å². The van der Waals surface area contributed by atoms with Gasteiger partial charge in [-0.25, -0.2) is 4.79 Å². The van der Waals surface area contributed by atoms with Gasteiger partial charge in [0.05, 0.1) is 19.2 Å². The third-order valence-electron chi connectivity index (χ3n) is 2.68. The van der Waals surface area contributed by atoms with Crippen molar-refractivity contribution in [3.63, 3.8) is 0 Å². The van der Waals surface area contributed by atoms with Crippen molar-refractivity contribution in [1.29, 1.82) is 0 Å². The molecule has 0 aliphatic carbocycles. The highest BCUT2D eigenvalue weighted by molar-refractivity contribution is 5.87. The summed E-state index contributed by atoms with van der Waals surface area (Å²) in [6.45, 7) is 9.45. The molecule has 0 saturated heterocycles. The molecule has 0 radical (unpaired) electrons. The van der Waals surface area contributed by atoms with E-state index in [-0.39, 0.29) is 12.2 Å². The lowest BCUT2D eigenvalue weighted by atomic mass is 10.2. The van der Waals surface area contributed by atoms with Crippen molar-refractivity contribution in [2.24, 2.45) is 4.99 Å². The van der Waals surface area contributed by atoms with E-state index < -0.39 is 5.60 Å². The van der Waals surface area contributed by atoms with Gasteiger partial charge in [-0.2, -0.15) is 0 Å². The van der Waals surface area contributed by atoms with Crippen LogP contribution in [0.3, 0.4) is 0 Å². The monoisotopic (exact) mass is 271 g/mol. The van der Waals surface area contributed by atoms with Crippen LogP contribution in [-0.4, -0.2) is 59.8 Å². The number of carbonyl (C=O) groups is 1. The molecule has 1 amide bonds. The van der Waals surface area contributed by atoms with Gasteiger partial charge in [0.1, 0.15) is 11.4 Å². The molecule has 19 heavy (non-hydrogen) atoms. The number of ether oxygens (including phenoxy) is 1. The van der Waals surface area contributed by atoms with Crippen LogP contribution in [-0.2, 0) is 4.74 Å². The van der Waals surface area contributed by atoms with Crippen molar-refractivity contribution in [3.05, 3.63) is 0 Å². The summed E-state index contributed by atoms with van der Waals surface area (Å²) in [6.07, 6.45) is -0.0203. The summed E-state index contributed by atoms with van der Waals surface area (Å²) < 4.78 is 5.33. The second-order valence-electron chi connectivity index (χ2n) is 5.67. The van der Waals surface area contributed by atoms with Crippen molar-refractivity contribution < 1.29 is 14.6 Å². The van der Waals surface area contributed by atoms with Crippen LogP contribution in [0.5, 0.6) is 0 Å². The van der Waals surface area contributed by atoms with E-state index >= 15 is 0 Å². The molecule has 0 aromatic heterocycles. The Bertz CT molecular complexity index is 337. The Morgan fingerprint density at radius 2 is 2.26 bits per heavy atom. The normalized spacial score (nSPS) is 17.7. The lowest BCUT2D eigenvalue weighted by Crippen LogP contribution is -2.48. The molecule has 1 atom stereocenters. The van der Waals surface area contributed by atoms with Crippen LogP contribution in [0.2, 0.25) is 0 Å². The van der Waals surface area contributed by atoms with E-state index in [1.807, 2.05) is 27.7 Å². The van der Waals surface area contributed by atoms with Gasteiger partial charge in [0.25, 0.3) is 0 Å². The summed E-state index contributed by atoms with van der Waals surface area (Å²) in [5, 5.41) is 12.6. The van der Waals surface area contributed by atoms with Gasteiger partial charge in [-0.15, -0.1) is 0 Å². The highest BCUT2D eigenvalue weighted by Crippen LogP contribution is 2.10.